The zero-order chi connectivity index (χ0) is 24.1. The van der Waals surface area contributed by atoms with E-state index in [0.29, 0.717) is 18.8 Å². The van der Waals surface area contributed by atoms with E-state index in [1.165, 1.54) is 11.3 Å². The fourth-order valence-electron chi connectivity index (χ4n) is 2.74. The molecular formula is C24H31N7OS. The molecule has 174 valence electrons. The summed E-state index contributed by atoms with van der Waals surface area (Å²) in [6.45, 7) is 17.6. The molecule has 2 aromatic heterocycles. The van der Waals surface area contributed by atoms with Gasteiger partial charge in [-0.05, 0) is 49.5 Å². The van der Waals surface area contributed by atoms with Gasteiger partial charge in [0.2, 0.25) is 5.13 Å². The molecule has 2 amide bonds. The van der Waals surface area contributed by atoms with Crippen LogP contribution in [-0.2, 0) is 12.8 Å². The van der Waals surface area contributed by atoms with E-state index in [4.69, 9.17) is 0 Å². The number of nitrogens with one attached hydrogen (secondary N) is 3. The number of unbranched alkanes of at least 4 members (excludes halogenated alkanes) is 1. The smallest absolute Gasteiger partial charge is 0.320 e. The van der Waals surface area contributed by atoms with Gasteiger partial charge in [-0.25, -0.2) is 4.79 Å². The van der Waals surface area contributed by atoms with E-state index in [2.05, 4.69) is 62.7 Å². The molecule has 9 heteroatoms. The van der Waals surface area contributed by atoms with Crippen molar-refractivity contribution in [1.29, 1.82) is 0 Å². The fraction of sp³-hybridized carbons (Fsp3) is 0.292. The molecule has 0 aliphatic carbocycles. The lowest BCUT2D eigenvalue weighted by Gasteiger charge is -2.07. The molecule has 0 aromatic carbocycles. The van der Waals surface area contributed by atoms with Crippen LogP contribution in [-0.4, -0.2) is 33.0 Å². The van der Waals surface area contributed by atoms with E-state index in [-0.39, 0.29) is 6.03 Å². The number of urea groups is 1. The van der Waals surface area contributed by atoms with E-state index in [1.54, 1.807) is 12.1 Å². The monoisotopic (exact) mass is 465 g/mol. The number of aromatic nitrogens is 4. The minimum absolute atomic E-state index is 0.327. The number of amides is 2. The summed E-state index contributed by atoms with van der Waals surface area (Å²) >= 11 is 1.54. The van der Waals surface area contributed by atoms with Crippen LogP contribution >= 0.6 is 11.3 Å². The standard InChI is InChI=1S/C24H31N7OS/c1-6-10-18(4)15-19(5)26-24-31-30-22(33-24)12-9-8-11-20-13-14-21(29-28-20)27-23(32)25-16-17(3)7-2/h6-7,10,13-14H,2-5,8-9,11-12,15-16H2,1H3,(H,26,31)(H2,25,27,29,32)/b10-6-. The Hall–Kier alpha value is -3.59. The lowest BCUT2D eigenvalue weighted by molar-refractivity contribution is 0.253. The number of nitrogens with zero attached hydrogens (tertiary/aromatic N) is 4. The number of hydrogen-bond donors (Lipinski definition) is 3. The first-order chi connectivity index (χ1) is 15.9. The third kappa shape index (κ3) is 10.0. The molecule has 33 heavy (non-hydrogen) atoms. The van der Waals surface area contributed by atoms with E-state index in [1.807, 2.05) is 25.1 Å². The molecule has 3 N–H and O–H groups in total. The first-order valence-corrected chi connectivity index (χ1v) is 11.5. The van der Waals surface area contributed by atoms with Crippen LogP contribution in [0.15, 0.2) is 73.5 Å². The molecule has 8 nitrogen and oxygen atoms in total. The second-order valence-electron chi connectivity index (χ2n) is 7.35. The molecule has 0 spiro atoms. The van der Waals surface area contributed by atoms with E-state index in [9.17, 15) is 4.79 Å². The van der Waals surface area contributed by atoms with Gasteiger partial charge in [-0.15, -0.1) is 15.3 Å². The van der Waals surface area contributed by atoms with E-state index < -0.39 is 0 Å². The minimum Gasteiger partial charge on any atom is -0.334 e. The van der Waals surface area contributed by atoms with Gasteiger partial charge < -0.3 is 10.6 Å². The maximum Gasteiger partial charge on any atom is 0.320 e. The van der Waals surface area contributed by atoms with Crippen molar-refractivity contribution < 1.29 is 4.79 Å². The number of aryl methyl sites for hydroxylation is 2. The van der Waals surface area contributed by atoms with Crippen LogP contribution in [0.4, 0.5) is 15.7 Å². The summed E-state index contributed by atoms with van der Waals surface area (Å²) in [5, 5.41) is 26.9. The van der Waals surface area contributed by atoms with Gasteiger partial charge in [0.1, 0.15) is 5.01 Å². The highest BCUT2D eigenvalue weighted by Crippen LogP contribution is 2.20. The maximum atomic E-state index is 11.8. The molecule has 0 unspecified atom stereocenters. The van der Waals surface area contributed by atoms with Gasteiger partial charge >= 0.3 is 6.03 Å². The van der Waals surface area contributed by atoms with Crippen LogP contribution in [0, 0.1) is 0 Å². The van der Waals surface area contributed by atoms with Crippen LogP contribution in [0.1, 0.15) is 36.9 Å². The predicted molar refractivity (Wildman–Crippen MR) is 136 cm³/mol. The molecule has 0 bridgehead atoms. The molecule has 0 aliphatic rings. The van der Waals surface area contributed by atoms with Crippen molar-refractivity contribution >= 4 is 28.3 Å². The van der Waals surface area contributed by atoms with Crippen molar-refractivity contribution in [2.24, 2.45) is 0 Å². The summed E-state index contributed by atoms with van der Waals surface area (Å²) in [4.78, 5) is 11.8. The van der Waals surface area contributed by atoms with Crippen molar-refractivity contribution in [3.63, 3.8) is 0 Å². The molecular weight excluding hydrogens is 434 g/mol. The molecule has 2 rings (SSSR count). The number of allylic oxidation sites excluding steroid dienone is 3. The average molecular weight is 466 g/mol. The third-order valence-corrected chi connectivity index (χ3v) is 5.29. The summed E-state index contributed by atoms with van der Waals surface area (Å²) in [7, 11) is 0. The Morgan fingerprint density at radius 1 is 1.03 bits per heavy atom. The summed E-state index contributed by atoms with van der Waals surface area (Å²) < 4.78 is 0. The second-order valence-corrected chi connectivity index (χ2v) is 8.41. The highest BCUT2D eigenvalue weighted by Gasteiger charge is 2.07. The molecule has 0 atom stereocenters. The van der Waals surface area contributed by atoms with Crippen molar-refractivity contribution in [2.45, 2.75) is 39.0 Å². The molecule has 0 saturated carbocycles. The Balaban J connectivity index is 1.68. The summed E-state index contributed by atoms with van der Waals surface area (Å²) in [5.41, 5.74) is 3.43. The topological polar surface area (TPSA) is 105 Å². The SMILES string of the molecule is C=CC(=C)CNC(=O)Nc1ccc(CCCCc2nnc(NC(=C)CC(=C)/C=C\C)s2)nn1. The van der Waals surface area contributed by atoms with Gasteiger partial charge in [0.05, 0.1) is 5.69 Å². The van der Waals surface area contributed by atoms with Gasteiger partial charge in [-0.2, -0.15) is 5.10 Å². The second kappa shape index (κ2) is 13.7. The average Bonchev–Trinajstić information content (AvgIpc) is 3.23. The Kier molecular flexibility index (Phi) is 10.7. The molecule has 0 saturated heterocycles. The van der Waals surface area contributed by atoms with Crippen LogP contribution < -0.4 is 16.0 Å². The minimum atomic E-state index is -0.364. The Morgan fingerprint density at radius 3 is 2.52 bits per heavy atom. The fourth-order valence-corrected chi connectivity index (χ4v) is 3.57. The quantitative estimate of drug-likeness (QED) is 0.261. The van der Waals surface area contributed by atoms with E-state index in [0.717, 1.165) is 58.4 Å². The van der Waals surface area contributed by atoms with Crippen LogP contribution in [0.5, 0.6) is 0 Å². The van der Waals surface area contributed by atoms with Gasteiger partial charge in [-0.1, -0.05) is 55.9 Å². The molecule has 2 aromatic rings. The first-order valence-electron chi connectivity index (χ1n) is 10.6. The van der Waals surface area contributed by atoms with Gasteiger partial charge in [0, 0.05) is 25.1 Å². The number of rotatable bonds is 14. The third-order valence-electron chi connectivity index (χ3n) is 4.39. The first kappa shape index (κ1) is 25.7. The lowest BCUT2D eigenvalue weighted by Crippen LogP contribution is -2.30. The molecule has 0 radical (unpaired) electrons. The Bertz CT molecular complexity index is 1010. The normalized spacial score (nSPS) is 10.6. The van der Waals surface area contributed by atoms with Gasteiger partial charge in [0.15, 0.2) is 5.82 Å². The van der Waals surface area contributed by atoms with Crippen LogP contribution in [0.25, 0.3) is 0 Å². The molecule has 2 heterocycles. The van der Waals surface area contributed by atoms with Crippen molar-refractivity contribution in [3.05, 3.63) is 84.2 Å². The van der Waals surface area contributed by atoms with Gasteiger partial charge in [0.25, 0.3) is 0 Å². The van der Waals surface area contributed by atoms with Crippen LogP contribution in [0.3, 0.4) is 0 Å². The molecule has 0 aliphatic heterocycles. The van der Waals surface area contributed by atoms with Crippen molar-refractivity contribution in [1.82, 2.24) is 25.7 Å². The Morgan fingerprint density at radius 2 is 1.82 bits per heavy atom. The summed E-state index contributed by atoms with van der Waals surface area (Å²) in [6.07, 6.45) is 9.75. The Labute approximate surface area is 199 Å². The number of carbonyl (C=O) groups is 1. The summed E-state index contributed by atoms with van der Waals surface area (Å²) in [5.74, 6) is 0.394. The molecule has 0 fully saturated rings. The lowest BCUT2D eigenvalue weighted by atomic mass is 10.1. The van der Waals surface area contributed by atoms with Gasteiger partial charge in [-0.3, -0.25) is 5.32 Å². The number of anilines is 2. The maximum absolute atomic E-state index is 11.8. The summed E-state index contributed by atoms with van der Waals surface area (Å²) in [6, 6.07) is 3.24. The number of carbonyl (C=O) groups excluding carboxylic acids is 1. The highest BCUT2D eigenvalue weighted by molar-refractivity contribution is 7.15. The van der Waals surface area contributed by atoms with Crippen molar-refractivity contribution in [2.75, 3.05) is 17.2 Å². The zero-order valence-corrected chi connectivity index (χ0v) is 19.9. The predicted octanol–water partition coefficient (Wildman–Crippen LogP) is 5.21. The number of hydrogen-bond acceptors (Lipinski definition) is 7. The van der Waals surface area contributed by atoms with Crippen LogP contribution in [0.2, 0.25) is 0 Å². The zero-order valence-electron chi connectivity index (χ0n) is 19.1. The highest BCUT2D eigenvalue weighted by atomic mass is 32.1. The largest absolute Gasteiger partial charge is 0.334 e. The van der Waals surface area contributed by atoms with Crippen molar-refractivity contribution in [3.8, 4) is 0 Å². The van der Waals surface area contributed by atoms with E-state index >= 15 is 0 Å².